The molecule has 0 aliphatic heterocycles. The number of rotatable bonds is 1. The van der Waals surface area contributed by atoms with Gasteiger partial charge in [-0.15, -0.1) is 0 Å². The molecule has 1 aliphatic carbocycles. The second-order valence-electron chi connectivity index (χ2n) is 4.05. The van der Waals surface area contributed by atoms with E-state index >= 15 is 0 Å². The lowest BCUT2D eigenvalue weighted by Gasteiger charge is -2.22. The van der Waals surface area contributed by atoms with Crippen LogP contribution >= 0.6 is 0 Å². The quantitative estimate of drug-likeness (QED) is 0.440. The molecular weight excluding hydrogens is 220 g/mol. The fraction of sp³-hybridized carbons (Fsp3) is 0.231. The van der Waals surface area contributed by atoms with E-state index in [0.29, 0.717) is 11.8 Å². The van der Waals surface area contributed by atoms with Crippen LogP contribution in [0.2, 0.25) is 0 Å². The third-order valence-corrected chi connectivity index (χ3v) is 2.97. The third kappa shape index (κ3) is 2.06. The van der Waals surface area contributed by atoms with Gasteiger partial charge >= 0.3 is 0 Å². The Morgan fingerprint density at radius 1 is 1.12 bits per heavy atom. The van der Waals surface area contributed by atoms with Gasteiger partial charge in [0, 0.05) is 18.8 Å². The fourth-order valence-corrected chi connectivity index (χ4v) is 2.09. The van der Waals surface area contributed by atoms with Gasteiger partial charge < -0.3 is 10.2 Å². The average Bonchev–Trinajstić information content (AvgIpc) is 2.29. The van der Waals surface area contributed by atoms with Crippen molar-refractivity contribution in [1.82, 2.24) is 0 Å². The standard InChI is InChI=1S/C13H12O4/c14-7-10-12(16)5-8(6-13(10)17)9-3-1-2-4-11(9)15/h1-4,7-8,14-15H,5-6H2. The molecule has 88 valence electrons. The molecule has 1 saturated carbocycles. The van der Waals surface area contributed by atoms with Crippen LogP contribution in [0.15, 0.2) is 36.1 Å². The first-order valence-corrected chi connectivity index (χ1v) is 5.32. The number of para-hydroxylation sites is 1. The number of carbonyl (C=O) groups is 2. The molecule has 0 bridgehead atoms. The van der Waals surface area contributed by atoms with Crippen molar-refractivity contribution in [2.45, 2.75) is 18.8 Å². The third-order valence-electron chi connectivity index (χ3n) is 2.97. The molecule has 1 fully saturated rings. The molecular formula is C13H12O4. The molecule has 0 amide bonds. The monoisotopic (exact) mass is 232 g/mol. The highest BCUT2D eigenvalue weighted by Gasteiger charge is 2.32. The minimum absolute atomic E-state index is 0.0922. The Bertz CT molecular complexity index is 482. The van der Waals surface area contributed by atoms with Crippen molar-refractivity contribution < 1.29 is 19.8 Å². The number of carbonyl (C=O) groups excluding carboxylic acids is 2. The summed E-state index contributed by atoms with van der Waals surface area (Å²) in [6.45, 7) is 0. The van der Waals surface area contributed by atoms with Gasteiger partial charge in [-0.1, -0.05) is 18.2 Å². The zero-order valence-corrected chi connectivity index (χ0v) is 9.09. The number of benzene rings is 1. The van der Waals surface area contributed by atoms with Crippen LogP contribution in [-0.4, -0.2) is 21.8 Å². The van der Waals surface area contributed by atoms with Crippen LogP contribution < -0.4 is 0 Å². The van der Waals surface area contributed by atoms with E-state index < -0.39 is 0 Å². The molecule has 17 heavy (non-hydrogen) atoms. The van der Waals surface area contributed by atoms with E-state index in [0.717, 1.165) is 0 Å². The summed E-state index contributed by atoms with van der Waals surface area (Å²) in [4.78, 5) is 23.2. The number of Topliss-reactive ketones (excluding diaryl/α,β-unsaturated/α-hetero) is 2. The molecule has 2 rings (SSSR count). The second-order valence-corrected chi connectivity index (χ2v) is 4.05. The van der Waals surface area contributed by atoms with E-state index in [1.54, 1.807) is 18.2 Å². The zero-order chi connectivity index (χ0) is 12.4. The Labute approximate surface area is 98.2 Å². The topological polar surface area (TPSA) is 74.6 Å². The molecule has 1 aliphatic rings. The van der Waals surface area contributed by atoms with Gasteiger partial charge in [0.1, 0.15) is 5.75 Å². The van der Waals surface area contributed by atoms with Crippen molar-refractivity contribution in [2.24, 2.45) is 0 Å². The maximum atomic E-state index is 11.6. The summed E-state index contributed by atoms with van der Waals surface area (Å²) in [6.07, 6.45) is 0.844. The molecule has 0 aromatic heterocycles. The summed E-state index contributed by atoms with van der Waals surface area (Å²) in [7, 11) is 0. The SMILES string of the molecule is O=C1CC(c2ccccc2O)CC(=O)C1=CO. The molecule has 0 heterocycles. The lowest BCUT2D eigenvalue weighted by molar-refractivity contribution is -0.124. The van der Waals surface area contributed by atoms with Gasteiger partial charge in [-0.05, 0) is 11.6 Å². The van der Waals surface area contributed by atoms with Crippen LogP contribution in [0.3, 0.4) is 0 Å². The van der Waals surface area contributed by atoms with Crippen molar-refractivity contribution >= 4 is 11.6 Å². The second kappa shape index (κ2) is 4.41. The molecule has 0 atom stereocenters. The molecule has 1 aromatic rings. The van der Waals surface area contributed by atoms with E-state index in [-0.39, 0.29) is 41.6 Å². The first kappa shape index (κ1) is 11.4. The minimum atomic E-state index is -0.378. The number of allylic oxidation sites excluding steroid dienone is 1. The summed E-state index contributed by atoms with van der Waals surface area (Å²) < 4.78 is 0. The number of aromatic hydroxyl groups is 1. The summed E-state index contributed by atoms with van der Waals surface area (Å²) in [5, 5.41) is 18.5. The zero-order valence-electron chi connectivity index (χ0n) is 9.09. The van der Waals surface area contributed by atoms with Crippen molar-refractivity contribution in [3.05, 3.63) is 41.7 Å². The van der Waals surface area contributed by atoms with Crippen molar-refractivity contribution in [3.8, 4) is 5.75 Å². The molecule has 2 N–H and O–H groups in total. The van der Waals surface area contributed by atoms with Crippen LogP contribution in [0.4, 0.5) is 0 Å². The van der Waals surface area contributed by atoms with Gasteiger partial charge in [-0.25, -0.2) is 0 Å². The van der Waals surface area contributed by atoms with Gasteiger partial charge in [-0.3, -0.25) is 9.59 Å². The van der Waals surface area contributed by atoms with Gasteiger partial charge in [0.05, 0.1) is 11.8 Å². The Kier molecular flexibility index (Phi) is 2.95. The van der Waals surface area contributed by atoms with E-state index in [2.05, 4.69) is 0 Å². The minimum Gasteiger partial charge on any atom is -0.515 e. The summed E-state index contributed by atoms with van der Waals surface area (Å²) in [6, 6.07) is 6.67. The average molecular weight is 232 g/mol. The Morgan fingerprint density at radius 3 is 2.24 bits per heavy atom. The van der Waals surface area contributed by atoms with Crippen LogP contribution in [0, 0.1) is 0 Å². The molecule has 0 saturated heterocycles. The molecule has 0 unspecified atom stereocenters. The van der Waals surface area contributed by atoms with Crippen molar-refractivity contribution in [1.29, 1.82) is 0 Å². The molecule has 4 heteroatoms. The van der Waals surface area contributed by atoms with Gasteiger partial charge in [-0.2, -0.15) is 0 Å². The maximum Gasteiger partial charge on any atom is 0.170 e. The number of aliphatic hydroxyl groups excluding tert-OH is 1. The van der Waals surface area contributed by atoms with E-state index in [4.69, 9.17) is 5.11 Å². The number of hydrogen-bond donors (Lipinski definition) is 2. The van der Waals surface area contributed by atoms with Crippen molar-refractivity contribution in [3.63, 3.8) is 0 Å². The lowest BCUT2D eigenvalue weighted by atomic mass is 9.80. The number of phenols is 1. The number of phenolic OH excluding ortho intramolecular Hbond substituents is 1. The van der Waals surface area contributed by atoms with Crippen LogP contribution in [0.1, 0.15) is 24.3 Å². The molecule has 1 aromatic carbocycles. The highest BCUT2D eigenvalue weighted by Crippen LogP contribution is 2.35. The smallest absolute Gasteiger partial charge is 0.170 e. The number of hydrogen-bond acceptors (Lipinski definition) is 4. The highest BCUT2D eigenvalue weighted by atomic mass is 16.3. The van der Waals surface area contributed by atoms with E-state index in [1.807, 2.05) is 0 Å². The van der Waals surface area contributed by atoms with Crippen molar-refractivity contribution in [2.75, 3.05) is 0 Å². The predicted octanol–water partition coefficient (Wildman–Crippen LogP) is 1.85. The van der Waals surface area contributed by atoms with Gasteiger partial charge in [0.25, 0.3) is 0 Å². The van der Waals surface area contributed by atoms with E-state index in [1.165, 1.54) is 6.07 Å². The Balaban J connectivity index is 2.30. The normalized spacial score (nSPS) is 20.5. The summed E-state index contributed by atoms with van der Waals surface area (Å²) in [5.41, 5.74) is 0.461. The summed E-state index contributed by atoms with van der Waals surface area (Å²) >= 11 is 0. The number of aliphatic hydroxyl groups is 1. The van der Waals surface area contributed by atoms with Gasteiger partial charge in [0.2, 0.25) is 0 Å². The van der Waals surface area contributed by atoms with Gasteiger partial charge in [0.15, 0.2) is 11.6 Å². The fourth-order valence-electron chi connectivity index (χ4n) is 2.09. The first-order valence-electron chi connectivity index (χ1n) is 5.32. The molecule has 4 nitrogen and oxygen atoms in total. The Morgan fingerprint density at radius 2 is 1.71 bits per heavy atom. The highest BCUT2D eigenvalue weighted by molar-refractivity contribution is 6.22. The molecule has 0 spiro atoms. The van der Waals surface area contributed by atoms with E-state index in [9.17, 15) is 14.7 Å². The van der Waals surface area contributed by atoms with Crippen LogP contribution in [-0.2, 0) is 9.59 Å². The largest absolute Gasteiger partial charge is 0.515 e. The first-order chi connectivity index (χ1) is 8.13. The molecule has 0 radical (unpaired) electrons. The lowest BCUT2D eigenvalue weighted by Crippen LogP contribution is -2.24. The predicted molar refractivity (Wildman–Crippen MR) is 60.8 cm³/mol. The Hall–Kier alpha value is -2.10. The maximum absolute atomic E-state index is 11.6. The van der Waals surface area contributed by atoms with Crippen LogP contribution in [0.5, 0.6) is 5.75 Å². The number of ketones is 2. The van der Waals surface area contributed by atoms with Crippen LogP contribution in [0.25, 0.3) is 0 Å². The summed E-state index contributed by atoms with van der Waals surface area (Å²) in [5.74, 6) is -0.969.